The highest BCUT2D eigenvalue weighted by molar-refractivity contribution is 7.85. The Morgan fingerprint density at radius 1 is 0.846 bits per heavy atom. The van der Waals surface area contributed by atoms with Gasteiger partial charge < -0.3 is 4.57 Å². The Labute approximate surface area is 158 Å². The topological polar surface area (TPSA) is 59.3 Å². The number of fused-ring (bicyclic) bond motifs is 7. The first-order valence-electron chi connectivity index (χ1n) is 8.29. The van der Waals surface area contributed by atoms with Crippen molar-refractivity contribution >= 4 is 73.4 Å². The Kier molecular flexibility index (Phi) is 3.62. The van der Waals surface area contributed by atoms with Crippen LogP contribution in [0.5, 0.6) is 0 Å². The average Bonchev–Trinajstić information content (AvgIpc) is 3.23. The summed E-state index contributed by atoms with van der Waals surface area (Å²) in [5.41, 5.74) is 2.35. The van der Waals surface area contributed by atoms with E-state index < -0.39 is 10.1 Å². The van der Waals surface area contributed by atoms with Crippen LogP contribution in [0.15, 0.2) is 48.5 Å². The van der Waals surface area contributed by atoms with Gasteiger partial charge in [-0.1, -0.05) is 36.4 Å². The molecular formula is C19H15NO3S3. The fraction of sp³-hybridized carbons (Fsp3) is 0.158. The molecule has 5 aromatic rings. The van der Waals surface area contributed by atoms with E-state index in [0.717, 1.165) is 0 Å². The zero-order chi connectivity index (χ0) is 17.9. The van der Waals surface area contributed by atoms with Gasteiger partial charge in [0.05, 0.1) is 26.2 Å². The van der Waals surface area contributed by atoms with Gasteiger partial charge in [0.25, 0.3) is 10.1 Å². The van der Waals surface area contributed by atoms with Crippen molar-refractivity contribution in [2.45, 2.75) is 13.0 Å². The van der Waals surface area contributed by atoms with E-state index in [4.69, 9.17) is 4.55 Å². The van der Waals surface area contributed by atoms with Gasteiger partial charge in [-0.3, -0.25) is 4.55 Å². The molecule has 0 saturated carbocycles. The predicted octanol–water partition coefficient (Wildman–Crippen LogP) is 5.50. The minimum atomic E-state index is -3.95. The summed E-state index contributed by atoms with van der Waals surface area (Å²) in [6.45, 7) is 0.557. The average molecular weight is 402 g/mol. The molecule has 0 radical (unpaired) electrons. The summed E-state index contributed by atoms with van der Waals surface area (Å²) in [4.78, 5) is 0. The fourth-order valence-electron chi connectivity index (χ4n) is 3.65. The smallest absolute Gasteiger partial charge is 0.264 e. The van der Waals surface area contributed by atoms with E-state index in [0.29, 0.717) is 13.0 Å². The Morgan fingerprint density at radius 3 is 1.85 bits per heavy atom. The largest absolute Gasteiger partial charge is 0.338 e. The zero-order valence-electron chi connectivity index (χ0n) is 13.7. The van der Waals surface area contributed by atoms with Gasteiger partial charge in [0.1, 0.15) is 0 Å². The highest BCUT2D eigenvalue weighted by atomic mass is 32.2. The zero-order valence-corrected chi connectivity index (χ0v) is 16.1. The SMILES string of the molecule is O=S(=O)(O)CCCn1c2c3ccccc3sc2c2sc3ccccc3c21. The van der Waals surface area contributed by atoms with Crippen LogP contribution in [0.3, 0.4) is 0 Å². The van der Waals surface area contributed by atoms with Crippen molar-refractivity contribution in [1.29, 1.82) is 0 Å². The third kappa shape index (κ3) is 2.46. The molecule has 0 saturated heterocycles. The van der Waals surface area contributed by atoms with Crippen LogP contribution in [0.1, 0.15) is 6.42 Å². The minimum absolute atomic E-state index is 0.224. The van der Waals surface area contributed by atoms with Crippen molar-refractivity contribution in [2.24, 2.45) is 0 Å². The predicted molar refractivity (Wildman–Crippen MR) is 111 cm³/mol. The quantitative estimate of drug-likeness (QED) is 0.404. The molecular weight excluding hydrogens is 386 g/mol. The number of nitrogens with zero attached hydrogens (tertiary/aromatic N) is 1. The van der Waals surface area contributed by atoms with Crippen molar-refractivity contribution in [3.05, 3.63) is 48.5 Å². The second-order valence-electron chi connectivity index (χ2n) is 6.34. The standard InChI is InChI=1S/C19H15NO3S3/c21-26(22,23)11-5-10-20-16-12-6-1-3-8-14(12)24-18(16)19-17(20)13-7-2-4-9-15(13)25-19/h1-4,6-9H,5,10-11H2,(H,21,22,23). The summed E-state index contributed by atoms with van der Waals surface area (Å²) >= 11 is 3.58. The van der Waals surface area contributed by atoms with Crippen LogP contribution in [0.25, 0.3) is 40.6 Å². The van der Waals surface area contributed by atoms with E-state index in [1.165, 1.54) is 40.6 Å². The van der Waals surface area contributed by atoms with Gasteiger partial charge in [-0.05, 0) is 18.6 Å². The second kappa shape index (κ2) is 5.79. The van der Waals surface area contributed by atoms with Gasteiger partial charge in [0, 0.05) is 26.7 Å². The van der Waals surface area contributed by atoms with Gasteiger partial charge >= 0.3 is 0 Å². The van der Waals surface area contributed by atoms with Crippen molar-refractivity contribution in [3.8, 4) is 0 Å². The fourth-order valence-corrected chi connectivity index (χ4v) is 6.69. The van der Waals surface area contributed by atoms with Crippen molar-refractivity contribution in [1.82, 2.24) is 4.57 Å². The highest BCUT2D eigenvalue weighted by Gasteiger charge is 2.20. The van der Waals surface area contributed by atoms with E-state index in [9.17, 15) is 8.42 Å². The second-order valence-corrected chi connectivity index (χ2v) is 10.0. The van der Waals surface area contributed by atoms with Crippen LogP contribution in [0, 0.1) is 0 Å². The maximum Gasteiger partial charge on any atom is 0.264 e. The lowest BCUT2D eigenvalue weighted by Crippen LogP contribution is -2.07. The van der Waals surface area contributed by atoms with Crippen molar-refractivity contribution in [2.75, 3.05) is 5.75 Å². The number of hydrogen-bond donors (Lipinski definition) is 1. The minimum Gasteiger partial charge on any atom is -0.338 e. The van der Waals surface area contributed by atoms with Gasteiger partial charge in [-0.25, -0.2) is 0 Å². The molecule has 3 aromatic heterocycles. The third-order valence-electron chi connectivity index (χ3n) is 4.67. The maximum absolute atomic E-state index is 11.2. The molecule has 0 amide bonds. The van der Waals surface area contributed by atoms with Crippen molar-refractivity contribution < 1.29 is 13.0 Å². The summed E-state index contributed by atoms with van der Waals surface area (Å²) in [6.07, 6.45) is 0.381. The monoisotopic (exact) mass is 401 g/mol. The molecule has 0 atom stereocenters. The Balaban J connectivity index is 1.83. The van der Waals surface area contributed by atoms with E-state index in [1.54, 1.807) is 22.7 Å². The van der Waals surface area contributed by atoms with Crippen LogP contribution in [-0.2, 0) is 16.7 Å². The highest BCUT2D eigenvalue weighted by Crippen LogP contribution is 2.46. The molecule has 5 rings (SSSR count). The molecule has 26 heavy (non-hydrogen) atoms. The van der Waals surface area contributed by atoms with Gasteiger partial charge in [-0.15, -0.1) is 22.7 Å². The van der Waals surface area contributed by atoms with E-state index in [1.807, 2.05) is 24.3 Å². The molecule has 0 aliphatic carbocycles. The van der Waals surface area contributed by atoms with Gasteiger partial charge in [0.15, 0.2) is 0 Å². The van der Waals surface area contributed by atoms with Crippen LogP contribution in [-0.4, -0.2) is 23.3 Å². The third-order valence-corrected chi connectivity index (χ3v) is 7.96. The van der Waals surface area contributed by atoms with Gasteiger partial charge in [-0.2, -0.15) is 8.42 Å². The summed E-state index contributed by atoms with van der Waals surface area (Å²) in [6, 6.07) is 16.7. The van der Waals surface area contributed by atoms with Crippen molar-refractivity contribution in [3.63, 3.8) is 0 Å². The normalized spacial score (nSPS) is 12.8. The van der Waals surface area contributed by atoms with Crippen LogP contribution < -0.4 is 0 Å². The number of rotatable bonds is 4. The van der Waals surface area contributed by atoms with Crippen LogP contribution >= 0.6 is 22.7 Å². The molecule has 0 spiro atoms. The maximum atomic E-state index is 11.2. The molecule has 2 aromatic carbocycles. The number of benzene rings is 2. The molecule has 0 fully saturated rings. The van der Waals surface area contributed by atoms with E-state index in [2.05, 4.69) is 28.8 Å². The van der Waals surface area contributed by atoms with E-state index >= 15 is 0 Å². The molecule has 7 heteroatoms. The number of thiophene rings is 2. The summed E-state index contributed by atoms with van der Waals surface area (Å²) in [5.74, 6) is -0.224. The van der Waals surface area contributed by atoms with Gasteiger partial charge in [0.2, 0.25) is 0 Å². The molecule has 132 valence electrons. The molecule has 1 N–H and O–H groups in total. The lowest BCUT2D eigenvalue weighted by molar-refractivity contribution is 0.479. The lowest BCUT2D eigenvalue weighted by Gasteiger charge is -2.07. The summed E-state index contributed by atoms with van der Waals surface area (Å²) in [5, 5.41) is 2.40. The molecule has 0 aliphatic heterocycles. The number of hydrogen-bond acceptors (Lipinski definition) is 4. The van der Waals surface area contributed by atoms with Crippen LogP contribution in [0.2, 0.25) is 0 Å². The Morgan fingerprint density at radius 2 is 1.35 bits per heavy atom. The molecule has 0 unspecified atom stereocenters. The number of aryl methyl sites for hydroxylation is 1. The number of aromatic nitrogens is 1. The Hall–Kier alpha value is -1.93. The first kappa shape index (κ1) is 16.3. The lowest BCUT2D eigenvalue weighted by atomic mass is 10.2. The summed E-state index contributed by atoms with van der Waals surface area (Å²) < 4.78 is 38.7. The van der Waals surface area contributed by atoms with Crippen LogP contribution in [0.4, 0.5) is 0 Å². The van der Waals surface area contributed by atoms with E-state index in [-0.39, 0.29) is 5.75 Å². The molecule has 0 bridgehead atoms. The molecule has 0 aliphatic rings. The summed E-state index contributed by atoms with van der Waals surface area (Å²) in [7, 11) is -3.95. The first-order valence-corrected chi connectivity index (χ1v) is 11.5. The Bertz CT molecular complexity index is 1300. The first-order chi connectivity index (χ1) is 12.5. The molecule has 3 heterocycles. The molecule has 4 nitrogen and oxygen atoms in total.